The lowest BCUT2D eigenvalue weighted by Gasteiger charge is -2.35. The number of nitrogens with zero attached hydrogens (tertiary/aromatic N) is 4. The molecule has 0 spiro atoms. The van der Waals surface area contributed by atoms with Crippen LogP contribution in [0.3, 0.4) is 0 Å². The van der Waals surface area contributed by atoms with Crippen LogP contribution >= 0.6 is 23.2 Å². The van der Waals surface area contributed by atoms with Crippen LogP contribution in [0.25, 0.3) is 0 Å². The summed E-state index contributed by atoms with van der Waals surface area (Å²) in [6, 6.07) is -1.15. The molecule has 2 saturated carbocycles. The molecule has 2 aromatic heterocycles. The number of Topliss-reactive ketones (excluding diaryl/α,β-unsaturated/α-hetero) is 1. The van der Waals surface area contributed by atoms with Crippen LogP contribution in [-0.2, 0) is 11.0 Å². The summed E-state index contributed by atoms with van der Waals surface area (Å²) in [5.74, 6) is -2.54. The Bertz CT molecular complexity index is 1230. The van der Waals surface area contributed by atoms with Gasteiger partial charge in [0.25, 0.3) is 5.91 Å². The molecule has 0 saturated heterocycles. The highest BCUT2D eigenvalue weighted by Gasteiger charge is 2.45. The molecule has 13 heteroatoms. The van der Waals surface area contributed by atoms with Gasteiger partial charge in [-0.05, 0) is 45.4 Å². The number of amides is 1. The molecule has 2 aliphatic rings. The van der Waals surface area contributed by atoms with Crippen LogP contribution in [0, 0.1) is 5.41 Å². The van der Waals surface area contributed by atoms with Gasteiger partial charge in [0, 0.05) is 18.4 Å². The van der Waals surface area contributed by atoms with E-state index in [0.717, 1.165) is 30.1 Å². The summed E-state index contributed by atoms with van der Waals surface area (Å²) in [7, 11) is 0. The monoisotopic (exact) mass is 588 g/mol. The summed E-state index contributed by atoms with van der Waals surface area (Å²) in [6.45, 7) is 1.07. The maximum absolute atomic E-state index is 14.4. The average molecular weight is 589 g/mol. The molecule has 0 aliphatic heterocycles. The number of alkyl halides is 3. The topological polar surface area (TPSA) is 105 Å². The van der Waals surface area contributed by atoms with Gasteiger partial charge in [-0.1, -0.05) is 42.5 Å². The number of carboxylic acid groups (broad SMARTS) is 1. The van der Waals surface area contributed by atoms with Crippen LogP contribution in [0.2, 0.25) is 10.0 Å². The predicted molar refractivity (Wildman–Crippen MR) is 137 cm³/mol. The largest absolute Gasteiger partial charge is 0.481 e. The molecule has 2 fully saturated rings. The van der Waals surface area contributed by atoms with Crippen LogP contribution in [0.5, 0.6) is 0 Å². The van der Waals surface area contributed by atoms with Crippen LogP contribution in [0.15, 0.2) is 18.6 Å². The number of carbonyl (C=O) groups excluding carboxylic acids is 2. The van der Waals surface area contributed by atoms with Gasteiger partial charge in [0.15, 0.2) is 11.5 Å². The van der Waals surface area contributed by atoms with E-state index in [1.165, 1.54) is 17.3 Å². The smallest absolute Gasteiger partial charge is 0.433 e. The van der Waals surface area contributed by atoms with Crippen LogP contribution in [0.1, 0.15) is 97.2 Å². The predicted octanol–water partition coefficient (Wildman–Crippen LogP) is 6.47. The second-order valence-electron chi connectivity index (χ2n) is 10.6. The third-order valence-electron chi connectivity index (χ3n) is 7.94. The molecule has 1 amide bonds. The van der Waals surface area contributed by atoms with Gasteiger partial charge in [0.05, 0.1) is 45.4 Å². The molecule has 2 aromatic rings. The van der Waals surface area contributed by atoms with Gasteiger partial charge in [-0.15, -0.1) is 0 Å². The van der Waals surface area contributed by atoms with Crippen molar-refractivity contribution >= 4 is 40.9 Å². The number of aromatic nitrogens is 3. The zero-order valence-corrected chi connectivity index (χ0v) is 22.8. The van der Waals surface area contributed by atoms with Crippen LogP contribution < -0.4 is 0 Å². The first-order valence-corrected chi connectivity index (χ1v) is 13.6. The number of rotatable bonds is 7. The fourth-order valence-electron chi connectivity index (χ4n) is 5.60. The molecule has 0 unspecified atom stereocenters. The van der Waals surface area contributed by atoms with E-state index in [1.807, 2.05) is 0 Å². The molecule has 0 aromatic carbocycles. The Hall–Kier alpha value is -2.66. The minimum Gasteiger partial charge on any atom is -0.481 e. The van der Waals surface area contributed by atoms with E-state index in [9.17, 15) is 32.7 Å². The van der Waals surface area contributed by atoms with Gasteiger partial charge in [0.2, 0.25) is 0 Å². The number of ketones is 1. The first kappa shape index (κ1) is 29.3. The SMILES string of the molecule is CC1(C(=O)O)CCC(n2ncc(C(=O)N(CC(=O)c3c(Cl)cncc3Cl)C3CCCCC3)c2C(F)(F)F)CC1. The molecular weight excluding hydrogens is 560 g/mol. The highest BCUT2D eigenvalue weighted by atomic mass is 35.5. The van der Waals surface area contributed by atoms with E-state index in [-0.39, 0.29) is 41.3 Å². The van der Waals surface area contributed by atoms with Crippen molar-refractivity contribution in [3.8, 4) is 0 Å². The number of hydrogen-bond donors (Lipinski definition) is 1. The lowest BCUT2D eigenvalue weighted by Crippen LogP contribution is -2.45. The van der Waals surface area contributed by atoms with E-state index in [2.05, 4.69) is 10.1 Å². The van der Waals surface area contributed by atoms with E-state index >= 15 is 0 Å². The summed E-state index contributed by atoms with van der Waals surface area (Å²) in [5.41, 5.74) is -2.89. The third-order valence-corrected chi connectivity index (χ3v) is 8.51. The number of aliphatic carboxylic acids is 1. The fourth-order valence-corrected chi connectivity index (χ4v) is 6.18. The highest BCUT2D eigenvalue weighted by molar-refractivity contribution is 6.39. The maximum Gasteiger partial charge on any atom is 0.433 e. The lowest BCUT2D eigenvalue weighted by atomic mass is 9.74. The fraction of sp³-hybridized carbons (Fsp3) is 0.577. The minimum atomic E-state index is -4.91. The zero-order valence-electron chi connectivity index (χ0n) is 21.3. The summed E-state index contributed by atoms with van der Waals surface area (Å²) < 4.78 is 44.1. The number of carbonyl (C=O) groups is 3. The van der Waals surface area contributed by atoms with Gasteiger partial charge in [0.1, 0.15) is 0 Å². The van der Waals surface area contributed by atoms with Crippen molar-refractivity contribution in [2.75, 3.05) is 6.54 Å². The van der Waals surface area contributed by atoms with E-state index < -0.39 is 59.1 Å². The molecule has 8 nitrogen and oxygen atoms in total. The maximum atomic E-state index is 14.4. The minimum absolute atomic E-state index is 0.0157. The molecule has 39 heavy (non-hydrogen) atoms. The lowest BCUT2D eigenvalue weighted by molar-refractivity contribution is -0.152. The number of carboxylic acids is 1. The van der Waals surface area contributed by atoms with Gasteiger partial charge < -0.3 is 10.0 Å². The van der Waals surface area contributed by atoms with Crippen LogP contribution in [-0.4, -0.2) is 55.0 Å². The van der Waals surface area contributed by atoms with Crippen molar-refractivity contribution in [2.45, 2.75) is 83.0 Å². The Kier molecular flexibility index (Phi) is 8.61. The second kappa shape index (κ2) is 11.4. The van der Waals surface area contributed by atoms with Crippen molar-refractivity contribution < 1.29 is 32.7 Å². The molecule has 2 heterocycles. The highest BCUT2D eigenvalue weighted by Crippen LogP contribution is 2.43. The van der Waals surface area contributed by atoms with Gasteiger partial charge in [-0.3, -0.25) is 24.0 Å². The summed E-state index contributed by atoms with van der Waals surface area (Å²) in [5, 5.41) is 13.4. The Balaban J connectivity index is 1.68. The Morgan fingerprint density at radius 2 is 1.64 bits per heavy atom. The zero-order chi connectivity index (χ0) is 28.5. The molecule has 2 aliphatic carbocycles. The van der Waals surface area contributed by atoms with Gasteiger partial charge in [-0.2, -0.15) is 18.3 Å². The molecule has 0 radical (unpaired) electrons. The van der Waals surface area contributed by atoms with Crippen molar-refractivity contribution in [3.05, 3.63) is 45.5 Å². The van der Waals surface area contributed by atoms with Gasteiger partial charge in [-0.25, -0.2) is 0 Å². The van der Waals surface area contributed by atoms with Crippen molar-refractivity contribution in [2.24, 2.45) is 5.41 Å². The summed E-state index contributed by atoms with van der Waals surface area (Å²) >= 11 is 12.3. The summed E-state index contributed by atoms with van der Waals surface area (Å²) in [4.78, 5) is 43.6. The molecule has 0 bridgehead atoms. The number of pyridine rings is 1. The van der Waals surface area contributed by atoms with E-state index in [0.29, 0.717) is 12.8 Å². The van der Waals surface area contributed by atoms with Crippen molar-refractivity contribution in [1.82, 2.24) is 19.7 Å². The third kappa shape index (κ3) is 6.09. The molecule has 1 N–H and O–H groups in total. The van der Waals surface area contributed by atoms with Gasteiger partial charge >= 0.3 is 12.1 Å². The average Bonchev–Trinajstić information content (AvgIpc) is 3.34. The molecule has 4 rings (SSSR count). The second-order valence-corrected chi connectivity index (χ2v) is 11.4. The van der Waals surface area contributed by atoms with Crippen LogP contribution in [0.4, 0.5) is 13.2 Å². The Morgan fingerprint density at radius 3 is 2.18 bits per heavy atom. The standard InChI is InChI=1S/C26H29Cl2F3N4O4/c1-25(24(38)39)9-7-16(8-10-25)35-22(26(29,30)31)17(11-33-35)23(37)34(15-5-3-2-4-6-15)14-20(36)21-18(27)12-32-13-19(21)28/h11-13,15-16H,2-10,14H2,1H3,(H,38,39). The molecular formula is C26H29Cl2F3N4O4. The summed E-state index contributed by atoms with van der Waals surface area (Å²) in [6.07, 6.45) is 2.74. The van der Waals surface area contributed by atoms with Crippen molar-refractivity contribution in [3.63, 3.8) is 0 Å². The van der Waals surface area contributed by atoms with E-state index in [1.54, 1.807) is 6.92 Å². The number of halogens is 5. The van der Waals surface area contributed by atoms with Crippen molar-refractivity contribution in [1.29, 1.82) is 0 Å². The first-order chi connectivity index (χ1) is 18.3. The normalized spacial score (nSPS) is 22.5. The number of hydrogen-bond acceptors (Lipinski definition) is 5. The quantitative estimate of drug-likeness (QED) is 0.372. The first-order valence-electron chi connectivity index (χ1n) is 12.8. The van der Waals surface area contributed by atoms with E-state index in [4.69, 9.17) is 23.2 Å². The molecule has 212 valence electrons. The Labute approximate surface area is 233 Å². The molecule has 0 atom stereocenters. The Morgan fingerprint density at radius 1 is 1.05 bits per heavy atom.